The highest BCUT2D eigenvalue weighted by molar-refractivity contribution is 7.94. The van der Waals surface area contributed by atoms with E-state index in [9.17, 15) is 8.42 Å². The number of hydrogen-bond donors (Lipinski definition) is 0. The average Bonchev–Trinajstić information content (AvgIpc) is 2.29. The van der Waals surface area contributed by atoms with Crippen LogP contribution in [0.25, 0.3) is 0 Å². The quantitative estimate of drug-likeness (QED) is 0.794. The van der Waals surface area contributed by atoms with E-state index < -0.39 is 9.84 Å². The molecule has 1 heterocycles. The van der Waals surface area contributed by atoms with Crippen molar-refractivity contribution in [3.8, 4) is 0 Å². The number of allylic oxidation sites excluding steroid dienone is 1. The SMILES string of the molecule is CS(=O)(=O)C1=CCCC(c2ccccc2)O1. The first-order chi connectivity index (χ1) is 7.57. The van der Waals surface area contributed by atoms with Gasteiger partial charge in [-0.25, -0.2) is 8.42 Å². The molecule has 1 atom stereocenters. The molecule has 0 aromatic heterocycles. The third kappa shape index (κ3) is 2.44. The maximum Gasteiger partial charge on any atom is 0.208 e. The van der Waals surface area contributed by atoms with Crippen molar-refractivity contribution in [1.82, 2.24) is 0 Å². The van der Waals surface area contributed by atoms with Gasteiger partial charge in [0.15, 0.2) is 0 Å². The summed E-state index contributed by atoms with van der Waals surface area (Å²) in [6, 6.07) is 9.69. The molecule has 0 saturated carbocycles. The zero-order chi connectivity index (χ0) is 11.6. The van der Waals surface area contributed by atoms with Crippen molar-refractivity contribution in [1.29, 1.82) is 0 Å². The van der Waals surface area contributed by atoms with Gasteiger partial charge in [0.2, 0.25) is 14.9 Å². The lowest BCUT2D eigenvalue weighted by atomic mass is 10.0. The molecule has 0 radical (unpaired) electrons. The van der Waals surface area contributed by atoms with E-state index in [1.807, 2.05) is 30.3 Å². The van der Waals surface area contributed by atoms with Crippen molar-refractivity contribution in [2.24, 2.45) is 0 Å². The molecule has 1 aliphatic rings. The standard InChI is InChI=1S/C12H14O3S/c1-16(13,14)12-9-5-8-11(15-12)10-6-3-2-4-7-10/h2-4,6-7,9,11H,5,8H2,1H3. The molecule has 0 aliphatic carbocycles. The number of hydrogen-bond acceptors (Lipinski definition) is 3. The van der Waals surface area contributed by atoms with Crippen molar-refractivity contribution in [3.63, 3.8) is 0 Å². The maximum atomic E-state index is 11.4. The first-order valence-electron chi connectivity index (χ1n) is 5.19. The Balaban J connectivity index is 2.21. The van der Waals surface area contributed by atoms with Crippen LogP contribution in [0.2, 0.25) is 0 Å². The van der Waals surface area contributed by atoms with Gasteiger partial charge in [0.1, 0.15) is 6.10 Å². The molecule has 0 bridgehead atoms. The Morgan fingerprint density at radius 1 is 1.25 bits per heavy atom. The van der Waals surface area contributed by atoms with Crippen LogP contribution in [-0.4, -0.2) is 14.7 Å². The Kier molecular flexibility index (Phi) is 3.01. The van der Waals surface area contributed by atoms with Gasteiger partial charge < -0.3 is 4.74 Å². The third-order valence-corrected chi connectivity index (χ3v) is 3.53. The summed E-state index contributed by atoms with van der Waals surface area (Å²) < 4.78 is 28.2. The highest BCUT2D eigenvalue weighted by Crippen LogP contribution is 2.31. The van der Waals surface area contributed by atoms with Gasteiger partial charge in [-0.05, 0) is 24.5 Å². The van der Waals surface area contributed by atoms with E-state index in [2.05, 4.69) is 0 Å². The molecule has 0 saturated heterocycles. The molecule has 1 aromatic rings. The maximum absolute atomic E-state index is 11.4. The fourth-order valence-corrected chi connectivity index (χ4v) is 2.45. The lowest BCUT2D eigenvalue weighted by Gasteiger charge is -2.23. The Morgan fingerprint density at radius 3 is 2.56 bits per heavy atom. The topological polar surface area (TPSA) is 43.4 Å². The summed E-state index contributed by atoms with van der Waals surface area (Å²) in [6.07, 6.45) is 4.24. The van der Waals surface area contributed by atoms with Gasteiger partial charge >= 0.3 is 0 Å². The molecule has 1 aromatic carbocycles. The molecule has 4 heteroatoms. The summed E-state index contributed by atoms with van der Waals surface area (Å²) >= 11 is 0. The van der Waals surface area contributed by atoms with Gasteiger partial charge in [0.25, 0.3) is 0 Å². The van der Waals surface area contributed by atoms with Gasteiger partial charge in [0.05, 0.1) is 0 Å². The predicted molar refractivity (Wildman–Crippen MR) is 62.4 cm³/mol. The lowest BCUT2D eigenvalue weighted by Crippen LogP contribution is -2.14. The first-order valence-corrected chi connectivity index (χ1v) is 7.08. The second-order valence-corrected chi connectivity index (χ2v) is 5.84. The van der Waals surface area contributed by atoms with Crippen LogP contribution >= 0.6 is 0 Å². The van der Waals surface area contributed by atoms with E-state index in [1.165, 1.54) is 6.26 Å². The lowest BCUT2D eigenvalue weighted by molar-refractivity contribution is 0.113. The number of rotatable bonds is 2. The van der Waals surface area contributed by atoms with Crippen LogP contribution in [0.15, 0.2) is 41.5 Å². The zero-order valence-electron chi connectivity index (χ0n) is 9.09. The number of benzene rings is 1. The largest absolute Gasteiger partial charge is 0.475 e. The van der Waals surface area contributed by atoms with E-state index in [0.29, 0.717) is 0 Å². The van der Waals surface area contributed by atoms with Crippen LogP contribution in [0.3, 0.4) is 0 Å². The average molecular weight is 238 g/mol. The Morgan fingerprint density at radius 2 is 1.94 bits per heavy atom. The van der Waals surface area contributed by atoms with Crippen molar-refractivity contribution in [2.75, 3.05) is 6.26 Å². The number of ether oxygens (including phenoxy) is 1. The van der Waals surface area contributed by atoms with Crippen LogP contribution in [-0.2, 0) is 14.6 Å². The molecule has 16 heavy (non-hydrogen) atoms. The molecule has 0 spiro atoms. The van der Waals surface area contributed by atoms with E-state index in [1.54, 1.807) is 6.08 Å². The predicted octanol–water partition coefficient (Wildman–Crippen LogP) is 2.42. The first kappa shape index (κ1) is 11.2. The second-order valence-electron chi connectivity index (χ2n) is 3.89. The minimum atomic E-state index is -3.23. The van der Waals surface area contributed by atoms with E-state index in [-0.39, 0.29) is 11.2 Å². The highest BCUT2D eigenvalue weighted by Gasteiger charge is 2.23. The van der Waals surface area contributed by atoms with Gasteiger partial charge in [-0.2, -0.15) is 0 Å². The van der Waals surface area contributed by atoms with Crippen LogP contribution in [0.5, 0.6) is 0 Å². The normalized spacial score (nSPS) is 21.1. The smallest absolute Gasteiger partial charge is 0.208 e. The summed E-state index contributed by atoms with van der Waals surface area (Å²) in [5.41, 5.74) is 1.02. The van der Waals surface area contributed by atoms with Crippen molar-refractivity contribution < 1.29 is 13.2 Å². The molecule has 0 fully saturated rings. The molecule has 1 unspecified atom stereocenters. The zero-order valence-corrected chi connectivity index (χ0v) is 9.91. The van der Waals surface area contributed by atoms with Gasteiger partial charge in [-0.15, -0.1) is 0 Å². The summed E-state index contributed by atoms with van der Waals surface area (Å²) in [6.45, 7) is 0. The fraction of sp³-hybridized carbons (Fsp3) is 0.333. The molecule has 86 valence electrons. The summed E-state index contributed by atoms with van der Waals surface area (Å²) in [7, 11) is -3.23. The summed E-state index contributed by atoms with van der Waals surface area (Å²) in [4.78, 5) is 0. The Bertz CT molecular complexity index is 488. The molecule has 3 nitrogen and oxygen atoms in total. The van der Waals surface area contributed by atoms with Crippen molar-refractivity contribution >= 4 is 9.84 Å². The highest BCUT2D eigenvalue weighted by atomic mass is 32.2. The second kappa shape index (κ2) is 4.29. The summed E-state index contributed by atoms with van der Waals surface area (Å²) in [5, 5.41) is 0.104. The molecule has 2 rings (SSSR count). The Hall–Kier alpha value is -1.29. The van der Waals surface area contributed by atoms with Crippen LogP contribution < -0.4 is 0 Å². The van der Waals surface area contributed by atoms with E-state index >= 15 is 0 Å². The van der Waals surface area contributed by atoms with Crippen molar-refractivity contribution in [3.05, 3.63) is 47.1 Å². The molecule has 0 amide bonds. The molecule has 0 N–H and O–H groups in total. The molecular weight excluding hydrogens is 224 g/mol. The minimum absolute atomic E-state index is 0.104. The summed E-state index contributed by atoms with van der Waals surface area (Å²) in [5.74, 6) is 0. The van der Waals surface area contributed by atoms with Crippen LogP contribution in [0, 0.1) is 0 Å². The molecule has 1 aliphatic heterocycles. The van der Waals surface area contributed by atoms with Crippen LogP contribution in [0.1, 0.15) is 24.5 Å². The number of sulfone groups is 1. The van der Waals surface area contributed by atoms with Gasteiger partial charge in [-0.3, -0.25) is 0 Å². The third-order valence-electron chi connectivity index (χ3n) is 2.54. The van der Waals surface area contributed by atoms with Crippen LogP contribution in [0.4, 0.5) is 0 Å². The monoisotopic (exact) mass is 238 g/mol. The van der Waals surface area contributed by atoms with E-state index in [4.69, 9.17) is 4.74 Å². The van der Waals surface area contributed by atoms with Crippen molar-refractivity contribution in [2.45, 2.75) is 18.9 Å². The molecular formula is C12H14O3S. The van der Waals surface area contributed by atoms with Gasteiger partial charge in [0, 0.05) is 6.26 Å². The van der Waals surface area contributed by atoms with Gasteiger partial charge in [-0.1, -0.05) is 30.3 Å². The fourth-order valence-electron chi connectivity index (χ4n) is 1.74. The van der Waals surface area contributed by atoms with E-state index in [0.717, 1.165) is 18.4 Å². The Labute approximate surface area is 95.7 Å². The minimum Gasteiger partial charge on any atom is -0.475 e.